The molecule has 0 aromatic heterocycles. The van der Waals surface area contributed by atoms with Gasteiger partial charge in [-0.15, -0.1) is 18.9 Å². The van der Waals surface area contributed by atoms with Gasteiger partial charge in [-0.05, 0) is 238 Å². The molecule has 3 nitrogen and oxygen atoms in total. The van der Waals surface area contributed by atoms with Crippen molar-refractivity contribution in [2.24, 2.45) is 5.92 Å². The molecule has 10 rings (SSSR count). The van der Waals surface area contributed by atoms with Crippen LogP contribution in [-0.4, -0.2) is 0 Å². The maximum Gasteiger partial charge on any atom is 0.0540 e. The van der Waals surface area contributed by atoms with Crippen LogP contribution >= 0.6 is 0 Å². The standard InChI is InChI=1S/C79H73N3.C6H10.C4H10.C3H4.C2H6/c1-10-14-30-57(7)80(59(9)56(5)6)68-48-44-65(45-49-68)76-72-53-52-70(82(67-39-24-19-25-40-67)75-43-29-38-62-33-26-27-41-71(62)75)55-73(72)77(79(64-34-20-16-17-21-35-64)78(76)63-36-22-18-23-37-63)66-46-50-69(51-47-66)81(58(8)31-15-11-2)74-42-28-32-60(12-3)54-61(74)13-4;1-3-5-6-4-2;1-4(2)3;1-3-2;1-2/h10-16,18-53,55H,5,9,17,54H2,1-4,6-8H3;3-4,6H,1,5H2,2H3;4H,1-3H3;1H,2H3;1-2H3/b14-10-,15-11-,57-30+,58-31+,60-12-,61-13+;6-4-;;;. The van der Waals surface area contributed by atoms with E-state index in [0.29, 0.717) is 0 Å². The molecule has 0 N–H and O–H groups in total. The van der Waals surface area contributed by atoms with Crippen LogP contribution in [0.1, 0.15) is 122 Å². The number of terminal acetylenes is 1. The maximum absolute atomic E-state index is 4.60. The Bertz CT molecular complexity index is 4370. The summed E-state index contributed by atoms with van der Waals surface area (Å²) in [7, 11) is 0. The summed E-state index contributed by atoms with van der Waals surface area (Å²) < 4.78 is 0. The molecule has 2 aliphatic carbocycles. The van der Waals surface area contributed by atoms with E-state index in [2.05, 4.69) is 369 Å². The molecular weight excluding hydrogens is 1170 g/mol. The number of fused-ring (bicyclic) bond motifs is 2. The van der Waals surface area contributed by atoms with Crippen LogP contribution in [0, 0.1) is 18.3 Å². The molecule has 97 heavy (non-hydrogen) atoms. The normalized spacial score (nSPS) is 13.7. The van der Waals surface area contributed by atoms with Gasteiger partial charge in [-0.3, -0.25) is 0 Å². The van der Waals surface area contributed by atoms with Crippen LogP contribution in [0.3, 0.4) is 0 Å². The third kappa shape index (κ3) is 19.7. The lowest BCUT2D eigenvalue weighted by molar-refractivity contribution is 0.737. The van der Waals surface area contributed by atoms with Crippen LogP contribution in [-0.2, 0) is 0 Å². The molecule has 0 saturated carbocycles. The molecule has 0 aliphatic heterocycles. The van der Waals surface area contributed by atoms with E-state index in [1.165, 1.54) is 27.5 Å². The van der Waals surface area contributed by atoms with Crippen molar-refractivity contribution < 1.29 is 0 Å². The fraction of sp³-hybridized carbons (Fsp3) is 0.191. The number of para-hydroxylation sites is 1. The predicted molar refractivity (Wildman–Crippen MR) is 435 cm³/mol. The largest absolute Gasteiger partial charge is 0.315 e. The van der Waals surface area contributed by atoms with Crippen molar-refractivity contribution in [3.05, 3.63) is 350 Å². The molecule has 0 amide bonds. The molecule has 3 heteroatoms. The number of anilines is 5. The lowest BCUT2D eigenvalue weighted by atomic mass is 9.78. The first kappa shape index (κ1) is 75.4. The quantitative estimate of drug-likeness (QED) is 0.0482. The van der Waals surface area contributed by atoms with Crippen LogP contribution in [0.4, 0.5) is 28.4 Å². The zero-order valence-electron chi connectivity index (χ0n) is 60.4. The average molecular weight is 1270 g/mol. The number of benzene rings is 8. The number of rotatable bonds is 18. The Morgan fingerprint density at radius 3 is 1.71 bits per heavy atom. The second-order valence-electron chi connectivity index (χ2n) is 24.0. The van der Waals surface area contributed by atoms with Gasteiger partial charge in [-0.2, -0.15) is 0 Å². The number of hydrogen-bond acceptors (Lipinski definition) is 3. The van der Waals surface area contributed by atoms with Crippen molar-refractivity contribution in [1.82, 2.24) is 0 Å². The molecule has 8 aromatic carbocycles. The van der Waals surface area contributed by atoms with Crippen LogP contribution in [0.5, 0.6) is 0 Å². The number of allylic oxidation sites excluding steroid dienone is 25. The van der Waals surface area contributed by atoms with Crippen molar-refractivity contribution in [2.45, 2.75) is 116 Å². The Labute approximate surface area is 584 Å². The Kier molecular flexibility index (Phi) is 30.5. The zero-order valence-corrected chi connectivity index (χ0v) is 60.4. The van der Waals surface area contributed by atoms with E-state index in [-0.39, 0.29) is 0 Å². The summed E-state index contributed by atoms with van der Waals surface area (Å²) >= 11 is 0. The van der Waals surface area contributed by atoms with Gasteiger partial charge in [0.2, 0.25) is 0 Å². The highest BCUT2D eigenvalue weighted by molar-refractivity contribution is 6.18. The summed E-state index contributed by atoms with van der Waals surface area (Å²) in [4.78, 5) is 7.04. The van der Waals surface area contributed by atoms with E-state index >= 15 is 0 Å². The van der Waals surface area contributed by atoms with Crippen molar-refractivity contribution in [3.63, 3.8) is 0 Å². The third-order valence-corrected chi connectivity index (χ3v) is 16.0. The first-order chi connectivity index (χ1) is 47.2. The van der Waals surface area contributed by atoms with Gasteiger partial charge in [0, 0.05) is 50.9 Å². The van der Waals surface area contributed by atoms with E-state index in [0.717, 1.165) is 132 Å². The topological polar surface area (TPSA) is 9.72 Å². The molecule has 494 valence electrons. The monoisotopic (exact) mass is 1270 g/mol. The summed E-state index contributed by atoms with van der Waals surface area (Å²) in [5.41, 5.74) is 22.1. The molecule has 2 aliphatic rings. The molecule has 0 atom stereocenters. The first-order valence-electron chi connectivity index (χ1n) is 34.3. The highest BCUT2D eigenvalue weighted by Gasteiger charge is 2.28. The van der Waals surface area contributed by atoms with E-state index in [1.807, 2.05) is 52.8 Å². The lowest BCUT2D eigenvalue weighted by Gasteiger charge is -2.31. The zero-order chi connectivity index (χ0) is 70.2. The second-order valence-corrected chi connectivity index (χ2v) is 24.0. The maximum atomic E-state index is 4.60. The molecule has 0 unspecified atom stereocenters. The van der Waals surface area contributed by atoms with E-state index < -0.39 is 0 Å². The Morgan fingerprint density at radius 2 is 1.12 bits per heavy atom. The lowest BCUT2D eigenvalue weighted by Crippen LogP contribution is -2.21. The van der Waals surface area contributed by atoms with Crippen molar-refractivity contribution >= 4 is 55.6 Å². The summed E-state index contributed by atoms with van der Waals surface area (Å²) in [5, 5.41) is 4.64. The van der Waals surface area contributed by atoms with Gasteiger partial charge in [-0.25, -0.2) is 0 Å². The first-order valence-corrected chi connectivity index (χ1v) is 34.3. The van der Waals surface area contributed by atoms with Gasteiger partial charge in [0.05, 0.1) is 5.69 Å². The smallest absolute Gasteiger partial charge is 0.0540 e. The van der Waals surface area contributed by atoms with Gasteiger partial charge in [0.25, 0.3) is 0 Å². The van der Waals surface area contributed by atoms with Crippen LogP contribution in [0.15, 0.2) is 345 Å². The molecule has 0 heterocycles. The Hall–Kier alpha value is -10.7. The SMILES string of the molecule is C#CC.C=C(C)C(=C)N(/C(C)=C/C=C\C)c1ccc(-c2c(-c3ccccc3)c(C3=CC=CCC=C3)c(-c3ccc(N(C4=CC=C/C(=C/C)C/C4=C\C)/C(C)=C/C=C\C)cc3)c3cc(N(c4ccccc4)c4cccc5ccccc45)ccc23)cc1.C=CC/C=C\C.CC.CC(C)C. The molecular formula is C94H103N3. The Balaban J connectivity index is 0.000000901. The van der Waals surface area contributed by atoms with Gasteiger partial charge >= 0.3 is 0 Å². The van der Waals surface area contributed by atoms with E-state index in [4.69, 9.17) is 0 Å². The predicted octanol–water partition coefficient (Wildman–Crippen LogP) is 28.2. The van der Waals surface area contributed by atoms with Crippen LogP contribution in [0.25, 0.3) is 60.5 Å². The minimum Gasteiger partial charge on any atom is -0.315 e. The highest BCUT2D eigenvalue weighted by Crippen LogP contribution is 2.52. The molecule has 0 radical (unpaired) electrons. The van der Waals surface area contributed by atoms with E-state index in [1.54, 1.807) is 6.92 Å². The minimum atomic E-state index is 0.833. The summed E-state index contributed by atoms with van der Waals surface area (Å²) in [6, 6.07) is 62.7. The third-order valence-electron chi connectivity index (χ3n) is 16.0. The Morgan fingerprint density at radius 1 is 0.557 bits per heavy atom. The average Bonchev–Trinajstić information content (AvgIpc) is 0.902. The molecule has 0 fully saturated rings. The second kappa shape index (κ2) is 39.3. The van der Waals surface area contributed by atoms with Crippen LogP contribution < -0.4 is 14.7 Å². The fourth-order valence-electron chi connectivity index (χ4n) is 11.7. The summed E-state index contributed by atoms with van der Waals surface area (Å²) in [5.74, 6) is 3.08. The molecule has 0 spiro atoms. The van der Waals surface area contributed by atoms with Gasteiger partial charge in [0.15, 0.2) is 0 Å². The van der Waals surface area contributed by atoms with Crippen molar-refractivity contribution in [3.8, 4) is 45.7 Å². The number of nitrogens with zero attached hydrogens (tertiary/aromatic N) is 3. The minimum absolute atomic E-state index is 0.833. The van der Waals surface area contributed by atoms with E-state index in [9.17, 15) is 0 Å². The number of hydrogen-bond donors (Lipinski definition) is 0. The summed E-state index contributed by atoms with van der Waals surface area (Å²) in [6.07, 6.45) is 48.5. The van der Waals surface area contributed by atoms with Gasteiger partial charge in [-0.1, -0.05) is 260 Å². The summed E-state index contributed by atoms with van der Waals surface area (Å²) in [6.45, 7) is 41.3. The fourth-order valence-corrected chi connectivity index (χ4v) is 11.7. The molecule has 0 saturated heterocycles. The molecule has 8 aromatic rings. The van der Waals surface area contributed by atoms with Gasteiger partial charge in [0.1, 0.15) is 0 Å². The van der Waals surface area contributed by atoms with Crippen molar-refractivity contribution in [2.75, 3.05) is 14.7 Å². The van der Waals surface area contributed by atoms with Crippen LogP contribution in [0.2, 0.25) is 0 Å². The van der Waals surface area contributed by atoms with Crippen molar-refractivity contribution in [1.29, 1.82) is 0 Å². The molecule has 0 bridgehead atoms. The van der Waals surface area contributed by atoms with Gasteiger partial charge < -0.3 is 14.7 Å². The highest BCUT2D eigenvalue weighted by atomic mass is 15.2.